The largest absolute Gasteiger partial charge is 0.0911 e. The van der Waals surface area contributed by atoms with Crippen LogP contribution in [-0.2, 0) is 6.42 Å². The molecule has 0 aliphatic rings. The van der Waals surface area contributed by atoms with Crippen molar-refractivity contribution in [2.45, 2.75) is 47.0 Å². The van der Waals surface area contributed by atoms with Gasteiger partial charge >= 0.3 is 0 Å². The SMILES string of the molecule is C=C(/C=C\C)c1c(/C=C\C)c(CC)c2ccccc2c1C(C)C. The lowest BCUT2D eigenvalue weighted by molar-refractivity contribution is 0.871. The van der Waals surface area contributed by atoms with Gasteiger partial charge in [-0.1, -0.05) is 75.9 Å². The molecule has 0 heteroatoms. The molecule has 2 rings (SSSR count). The molecule has 0 saturated heterocycles. The van der Waals surface area contributed by atoms with Gasteiger partial charge in [0, 0.05) is 0 Å². The number of fused-ring (bicyclic) bond motifs is 1. The molecule has 0 N–H and O–H groups in total. The molecule has 0 aliphatic heterocycles. The van der Waals surface area contributed by atoms with Gasteiger partial charge in [-0.3, -0.25) is 0 Å². The average Bonchev–Trinajstić information content (AvgIpc) is 2.53. The molecular weight excluding hydrogens is 276 g/mol. The van der Waals surface area contributed by atoms with Gasteiger partial charge in [-0.2, -0.15) is 0 Å². The number of rotatable bonds is 5. The molecule has 0 amide bonds. The molecule has 0 nitrogen and oxygen atoms in total. The van der Waals surface area contributed by atoms with Gasteiger partial charge in [0.1, 0.15) is 0 Å². The molecule has 0 heterocycles. The van der Waals surface area contributed by atoms with Crippen molar-refractivity contribution in [2.24, 2.45) is 0 Å². The third-order valence-corrected chi connectivity index (χ3v) is 4.36. The second-order valence-electron chi connectivity index (χ2n) is 6.26. The molecule has 0 saturated carbocycles. The van der Waals surface area contributed by atoms with E-state index in [4.69, 9.17) is 0 Å². The average molecular weight is 304 g/mol. The van der Waals surface area contributed by atoms with E-state index < -0.39 is 0 Å². The van der Waals surface area contributed by atoms with Gasteiger partial charge in [-0.15, -0.1) is 0 Å². The zero-order chi connectivity index (χ0) is 17.0. The van der Waals surface area contributed by atoms with Crippen molar-refractivity contribution in [1.29, 1.82) is 0 Å². The van der Waals surface area contributed by atoms with E-state index in [-0.39, 0.29) is 0 Å². The van der Waals surface area contributed by atoms with Crippen LogP contribution >= 0.6 is 0 Å². The van der Waals surface area contributed by atoms with Crippen molar-refractivity contribution in [3.05, 3.63) is 71.3 Å². The first-order valence-electron chi connectivity index (χ1n) is 8.58. The monoisotopic (exact) mass is 304 g/mol. The highest BCUT2D eigenvalue weighted by Gasteiger charge is 2.19. The molecule has 0 spiro atoms. The van der Waals surface area contributed by atoms with Crippen molar-refractivity contribution >= 4 is 22.4 Å². The van der Waals surface area contributed by atoms with E-state index in [0.717, 1.165) is 12.0 Å². The summed E-state index contributed by atoms with van der Waals surface area (Å²) < 4.78 is 0. The van der Waals surface area contributed by atoms with Gasteiger partial charge in [0.05, 0.1) is 0 Å². The molecule has 2 aromatic rings. The Morgan fingerprint density at radius 3 is 2.26 bits per heavy atom. The van der Waals surface area contributed by atoms with Crippen LogP contribution in [0.15, 0.2) is 49.1 Å². The fourth-order valence-corrected chi connectivity index (χ4v) is 3.52. The molecule has 0 bridgehead atoms. The van der Waals surface area contributed by atoms with Crippen LogP contribution < -0.4 is 0 Å². The molecule has 0 atom stereocenters. The second kappa shape index (κ2) is 7.46. The van der Waals surface area contributed by atoms with E-state index in [0.29, 0.717) is 5.92 Å². The molecule has 120 valence electrons. The number of benzene rings is 2. The fraction of sp³-hybridized carbons (Fsp3) is 0.304. The second-order valence-corrected chi connectivity index (χ2v) is 6.26. The first kappa shape index (κ1) is 17.3. The Hall–Kier alpha value is -2.08. The van der Waals surface area contributed by atoms with Crippen LogP contribution in [0.4, 0.5) is 0 Å². The summed E-state index contributed by atoms with van der Waals surface area (Å²) in [6.45, 7) is 15.3. The lowest BCUT2D eigenvalue weighted by atomic mass is 9.81. The summed E-state index contributed by atoms with van der Waals surface area (Å²) in [4.78, 5) is 0. The van der Waals surface area contributed by atoms with Crippen LogP contribution in [0.2, 0.25) is 0 Å². The number of hydrogen-bond acceptors (Lipinski definition) is 0. The highest BCUT2D eigenvalue weighted by atomic mass is 14.2. The van der Waals surface area contributed by atoms with Crippen LogP contribution in [0.25, 0.3) is 22.4 Å². The van der Waals surface area contributed by atoms with E-state index in [1.807, 2.05) is 0 Å². The predicted molar refractivity (Wildman–Crippen MR) is 106 cm³/mol. The van der Waals surface area contributed by atoms with Crippen molar-refractivity contribution in [1.82, 2.24) is 0 Å². The molecule has 0 fully saturated rings. The summed E-state index contributed by atoms with van der Waals surface area (Å²) in [5.41, 5.74) is 6.58. The summed E-state index contributed by atoms with van der Waals surface area (Å²) in [6.07, 6.45) is 9.62. The zero-order valence-electron chi connectivity index (χ0n) is 15.1. The standard InChI is InChI=1S/C23H28/c1-7-12-17(6)23-20(13-8-2)18(9-3)19-14-10-11-15-21(19)22(23)16(4)5/h7-8,10-16H,6,9H2,1-5H3/b12-7-,13-8-. The Morgan fingerprint density at radius 1 is 1.09 bits per heavy atom. The molecule has 0 aromatic heterocycles. The summed E-state index contributed by atoms with van der Waals surface area (Å²) in [5, 5.41) is 2.75. The summed E-state index contributed by atoms with van der Waals surface area (Å²) in [6, 6.07) is 8.81. The number of allylic oxidation sites excluding steroid dienone is 4. The molecule has 23 heavy (non-hydrogen) atoms. The van der Waals surface area contributed by atoms with Gasteiger partial charge in [0.15, 0.2) is 0 Å². The third kappa shape index (κ3) is 3.17. The van der Waals surface area contributed by atoms with Crippen LogP contribution in [0.3, 0.4) is 0 Å². The highest BCUT2D eigenvalue weighted by molar-refractivity contribution is 5.98. The van der Waals surface area contributed by atoms with Crippen molar-refractivity contribution in [2.75, 3.05) is 0 Å². The van der Waals surface area contributed by atoms with E-state index in [2.05, 4.69) is 89.8 Å². The van der Waals surface area contributed by atoms with E-state index >= 15 is 0 Å². The minimum Gasteiger partial charge on any atom is -0.0911 e. The molecule has 0 radical (unpaired) electrons. The van der Waals surface area contributed by atoms with Gasteiger partial charge in [0.25, 0.3) is 0 Å². The maximum Gasteiger partial charge on any atom is -0.00737 e. The van der Waals surface area contributed by atoms with E-state index in [1.54, 1.807) is 0 Å². The normalized spacial score (nSPS) is 12.1. The Morgan fingerprint density at radius 2 is 1.74 bits per heavy atom. The summed E-state index contributed by atoms with van der Waals surface area (Å²) in [7, 11) is 0. The first-order valence-corrected chi connectivity index (χ1v) is 8.58. The van der Waals surface area contributed by atoms with Gasteiger partial charge < -0.3 is 0 Å². The fourth-order valence-electron chi connectivity index (χ4n) is 3.52. The first-order chi connectivity index (χ1) is 11.1. The van der Waals surface area contributed by atoms with Gasteiger partial charge in [-0.25, -0.2) is 0 Å². The lowest BCUT2D eigenvalue weighted by Crippen LogP contribution is -2.04. The van der Waals surface area contributed by atoms with Crippen LogP contribution in [-0.4, -0.2) is 0 Å². The van der Waals surface area contributed by atoms with Crippen LogP contribution in [0.1, 0.15) is 62.8 Å². The summed E-state index contributed by atoms with van der Waals surface area (Å²) >= 11 is 0. The molecule has 0 unspecified atom stereocenters. The number of hydrogen-bond donors (Lipinski definition) is 0. The zero-order valence-corrected chi connectivity index (χ0v) is 15.1. The Labute approximate surface area is 141 Å². The maximum atomic E-state index is 4.36. The minimum absolute atomic E-state index is 0.451. The minimum atomic E-state index is 0.451. The van der Waals surface area contributed by atoms with Gasteiger partial charge in [-0.05, 0) is 64.8 Å². The topological polar surface area (TPSA) is 0 Å². The van der Waals surface area contributed by atoms with E-state index in [1.165, 1.54) is 33.0 Å². The third-order valence-electron chi connectivity index (χ3n) is 4.36. The smallest absolute Gasteiger partial charge is 0.00737 e. The molecule has 2 aromatic carbocycles. The van der Waals surface area contributed by atoms with Gasteiger partial charge in [0.2, 0.25) is 0 Å². The van der Waals surface area contributed by atoms with Crippen LogP contribution in [0.5, 0.6) is 0 Å². The van der Waals surface area contributed by atoms with Crippen molar-refractivity contribution < 1.29 is 0 Å². The molecule has 0 aliphatic carbocycles. The van der Waals surface area contributed by atoms with Crippen LogP contribution in [0, 0.1) is 0 Å². The lowest BCUT2D eigenvalue weighted by Gasteiger charge is -2.23. The molecular formula is C23H28. The Kier molecular flexibility index (Phi) is 5.60. The number of aryl methyl sites for hydroxylation is 1. The quantitative estimate of drug-likeness (QED) is 0.514. The summed E-state index contributed by atoms with van der Waals surface area (Å²) in [5.74, 6) is 0.451. The van der Waals surface area contributed by atoms with Crippen molar-refractivity contribution in [3.8, 4) is 0 Å². The highest BCUT2D eigenvalue weighted by Crippen LogP contribution is 2.39. The predicted octanol–water partition coefficient (Wildman–Crippen LogP) is 7.15. The van der Waals surface area contributed by atoms with Crippen molar-refractivity contribution in [3.63, 3.8) is 0 Å². The maximum absolute atomic E-state index is 4.36. The Bertz CT molecular complexity index is 770. The Balaban J connectivity index is 3.07. The van der Waals surface area contributed by atoms with E-state index in [9.17, 15) is 0 Å².